The summed E-state index contributed by atoms with van der Waals surface area (Å²) in [6.07, 6.45) is 1.68. The van der Waals surface area contributed by atoms with E-state index in [-0.39, 0.29) is 11.8 Å². The predicted molar refractivity (Wildman–Crippen MR) is 106 cm³/mol. The molecule has 0 bridgehead atoms. The van der Waals surface area contributed by atoms with E-state index >= 15 is 0 Å². The molecule has 7 heteroatoms. The second-order valence-electron chi connectivity index (χ2n) is 6.75. The highest BCUT2D eigenvalue weighted by Crippen LogP contribution is 2.38. The number of carbonyl (C=O) groups is 1. The van der Waals surface area contributed by atoms with E-state index in [1.807, 2.05) is 23.1 Å². The lowest BCUT2D eigenvalue weighted by molar-refractivity contribution is -0.136. The number of amides is 1. The Bertz CT molecular complexity index is 819. The number of carbonyl (C=O) groups excluding carboxylic acids is 1. The van der Waals surface area contributed by atoms with Crippen LogP contribution in [-0.2, 0) is 11.3 Å². The van der Waals surface area contributed by atoms with Crippen LogP contribution in [0.2, 0.25) is 0 Å². The summed E-state index contributed by atoms with van der Waals surface area (Å²) in [6.45, 7) is 5.59. The maximum absolute atomic E-state index is 12.9. The summed E-state index contributed by atoms with van der Waals surface area (Å²) >= 11 is 0. The third-order valence-corrected chi connectivity index (χ3v) is 5.11. The molecule has 0 unspecified atom stereocenters. The first kappa shape index (κ1) is 19.9. The molecular weight excluding hydrogens is 358 g/mol. The second-order valence-corrected chi connectivity index (χ2v) is 6.75. The van der Waals surface area contributed by atoms with Crippen LogP contribution in [0.3, 0.4) is 0 Å². The fourth-order valence-corrected chi connectivity index (χ4v) is 3.45. The molecule has 28 heavy (non-hydrogen) atoms. The van der Waals surface area contributed by atoms with Gasteiger partial charge in [-0.25, -0.2) is 0 Å². The Kier molecular flexibility index (Phi) is 6.34. The average molecular weight is 385 g/mol. The summed E-state index contributed by atoms with van der Waals surface area (Å²) in [7, 11) is 3.17. The third kappa shape index (κ3) is 4.03. The molecular formula is C21H27N3O4. The standard InChI is InChI=1S/C21H27N3O4/c1-5-14(6-2)21(25)24-9-10-28-20-16(13-24)11-15(12-18(20)26-3)17-7-8-19(27-4)23-22-17/h7-8,11-12,14H,5-6,9-10,13H2,1-4H3. The molecule has 1 aromatic heterocycles. The highest BCUT2D eigenvalue weighted by molar-refractivity contribution is 5.79. The molecule has 0 radical (unpaired) electrons. The molecule has 0 saturated carbocycles. The molecule has 2 aromatic rings. The molecule has 0 fully saturated rings. The van der Waals surface area contributed by atoms with E-state index < -0.39 is 0 Å². The molecule has 0 N–H and O–H groups in total. The minimum Gasteiger partial charge on any atom is -0.493 e. The van der Waals surface area contributed by atoms with Crippen LogP contribution in [0.4, 0.5) is 0 Å². The third-order valence-electron chi connectivity index (χ3n) is 5.11. The minimum atomic E-state index is 0.0408. The normalized spacial score (nSPS) is 13.5. The first-order valence-corrected chi connectivity index (χ1v) is 9.61. The Labute approximate surface area is 165 Å². The number of fused-ring (bicyclic) bond motifs is 1. The van der Waals surface area contributed by atoms with Crippen LogP contribution in [0, 0.1) is 5.92 Å². The molecule has 0 atom stereocenters. The first-order valence-electron chi connectivity index (χ1n) is 9.61. The van der Waals surface area contributed by atoms with Crippen LogP contribution in [0.1, 0.15) is 32.3 Å². The van der Waals surface area contributed by atoms with Gasteiger partial charge in [-0.2, -0.15) is 0 Å². The van der Waals surface area contributed by atoms with Crippen LogP contribution >= 0.6 is 0 Å². The largest absolute Gasteiger partial charge is 0.493 e. The Morgan fingerprint density at radius 1 is 1.18 bits per heavy atom. The lowest BCUT2D eigenvalue weighted by Crippen LogP contribution is -2.36. The fourth-order valence-electron chi connectivity index (χ4n) is 3.45. The maximum Gasteiger partial charge on any atom is 0.233 e. The number of methoxy groups -OCH3 is 2. The zero-order chi connectivity index (χ0) is 20.1. The van der Waals surface area contributed by atoms with Gasteiger partial charge in [0.25, 0.3) is 0 Å². The Morgan fingerprint density at radius 3 is 2.57 bits per heavy atom. The molecule has 1 amide bonds. The lowest BCUT2D eigenvalue weighted by Gasteiger charge is -2.24. The van der Waals surface area contributed by atoms with Gasteiger partial charge >= 0.3 is 0 Å². The highest BCUT2D eigenvalue weighted by Gasteiger charge is 2.26. The Morgan fingerprint density at radius 2 is 1.96 bits per heavy atom. The quantitative estimate of drug-likeness (QED) is 0.759. The molecule has 1 aliphatic heterocycles. The van der Waals surface area contributed by atoms with Crippen LogP contribution in [0.5, 0.6) is 17.4 Å². The van der Waals surface area contributed by atoms with Gasteiger partial charge in [-0.1, -0.05) is 13.8 Å². The number of ether oxygens (including phenoxy) is 3. The summed E-state index contributed by atoms with van der Waals surface area (Å²) in [4.78, 5) is 14.8. The summed E-state index contributed by atoms with van der Waals surface area (Å²) < 4.78 is 16.6. The van der Waals surface area contributed by atoms with Crippen molar-refractivity contribution in [3.8, 4) is 28.6 Å². The number of aromatic nitrogens is 2. The van der Waals surface area contributed by atoms with Crippen molar-refractivity contribution in [2.75, 3.05) is 27.4 Å². The van der Waals surface area contributed by atoms with Gasteiger partial charge in [-0.05, 0) is 31.0 Å². The summed E-state index contributed by atoms with van der Waals surface area (Å²) in [5.74, 6) is 1.99. The average Bonchev–Trinajstić information content (AvgIpc) is 2.96. The lowest BCUT2D eigenvalue weighted by atomic mass is 10.0. The minimum absolute atomic E-state index is 0.0408. The molecule has 1 aliphatic rings. The van der Waals surface area contributed by atoms with Crippen molar-refractivity contribution >= 4 is 5.91 Å². The van der Waals surface area contributed by atoms with Gasteiger partial charge in [0.05, 0.1) is 26.5 Å². The van der Waals surface area contributed by atoms with E-state index in [9.17, 15) is 4.79 Å². The zero-order valence-corrected chi connectivity index (χ0v) is 16.9. The SMILES string of the molecule is CCC(CC)C(=O)N1CCOc2c(cc(-c3ccc(OC)nn3)cc2OC)C1. The molecule has 150 valence electrons. The molecule has 0 aliphatic carbocycles. The summed E-state index contributed by atoms with van der Waals surface area (Å²) in [5.41, 5.74) is 2.46. The van der Waals surface area contributed by atoms with Gasteiger partial charge in [-0.15, -0.1) is 10.2 Å². The summed E-state index contributed by atoms with van der Waals surface area (Å²) in [5, 5.41) is 8.26. The van der Waals surface area contributed by atoms with Crippen molar-refractivity contribution < 1.29 is 19.0 Å². The van der Waals surface area contributed by atoms with Gasteiger partial charge in [0.2, 0.25) is 11.8 Å². The van der Waals surface area contributed by atoms with Gasteiger partial charge in [0.1, 0.15) is 6.61 Å². The molecule has 2 heterocycles. The number of benzene rings is 1. The van der Waals surface area contributed by atoms with Crippen molar-refractivity contribution in [1.29, 1.82) is 0 Å². The second kappa shape index (κ2) is 8.91. The topological polar surface area (TPSA) is 73.8 Å². The summed E-state index contributed by atoms with van der Waals surface area (Å²) in [6, 6.07) is 7.48. The van der Waals surface area contributed by atoms with E-state index in [2.05, 4.69) is 24.0 Å². The Balaban J connectivity index is 1.97. The monoisotopic (exact) mass is 385 g/mol. The molecule has 7 nitrogen and oxygen atoms in total. The number of hydrogen-bond donors (Lipinski definition) is 0. The first-order chi connectivity index (χ1) is 13.6. The molecule has 3 rings (SSSR count). The van der Waals surface area contributed by atoms with E-state index in [1.165, 1.54) is 0 Å². The number of rotatable bonds is 6. The highest BCUT2D eigenvalue weighted by atomic mass is 16.5. The van der Waals surface area contributed by atoms with Crippen molar-refractivity contribution in [1.82, 2.24) is 15.1 Å². The maximum atomic E-state index is 12.9. The van der Waals surface area contributed by atoms with Crippen LogP contribution in [-0.4, -0.2) is 48.4 Å². The van der Waals surface area contributed by atoms with E-state index in [0.717, 1.165) is 24.0 Å². The van der Waals surface area contributed by atoms with Crippen LogP contribution in [0.25, 0.3) is 11.3 Å². The van der Waals surface area contributed by atoms with Crippen LogP contribution < -0.4 is 14.2 Å². The molecule has 0 spiro atoms. The van der Waals surface area contributed by atoms with Crippen molar-refractivity contribution in [2.24, 2.45) is 5.92 Å². The predicted octanol–water partition coefficient (Wildman–Crippen LogP) is 3.32. The number of nitrogens with zero attached hydrogens (tertiary/aromatic N) is 3. The van der Waals surface area contributed by atoms with Crippen molar-refractivity contribution in [2.45, 2.75) is 33.2 Å². The van der Waals surface area contributed by atoms with Gasteiger partial charge in [0, 0.05) is 29.7 Å². The van der Waals surface area contributed by atoms with E-state index in [1.54, 1.807) is 20.3 Å². The molecule has 0 saturated heterocycles. The Hall–Kier alpha value is -2.83. The number of hydrogen-bond acceptors (Lipinski definition) is 6. The zero-order valence-electron chi connectivity index (χ0n) is 16.9. The van der Waals surface area contributed by atoms with Crippen molar-refractivity contribution in [3.05, 3.63) is 29.8 Å². The molecule has 1 aromatic carbocycles. The van der Waals surface area contributed by atoms with Crippen molar-refractivity contribution in [3.63, 3.8) is 0 Å². The smallest absolute Gasteiger partial charge is 0.233 e. The van der Waals surface area contributed by atoms with Gasteiger partial charge in [0.15, 0.2) is 11.5 Å². The van der Waals surface area contributed by atoms with Gasteiger partial charge in [-0.3, -0.25) is 4.79 Å². The fraction of sp³-hybridized carbons (Fsp3) is 0.476. The van der Waals surface area contributed by atoms with Gasteiger partial charge < -0.3 is 19.1 Å². The van der Waals surface area contributed by atoms with E-state index in [4.69, 9.17) is 14.2 Å². The van der Waals surface area contributed by atoms with Crippen LogP contribution in [0.15, 0.2) is 24.3 Å². The van der Waals surface area contributed by atoms with E-state index in [0.29, 0.717) is 42.8 Å².